The Morgan fingerprint density at radius 3 is 3.18 bits per heavy atom. The van der Waals surface area contributed by atoms with Gasteiger partial charge in [0, 0.05) is 18.9 Å². The van der Waals surface area contributed by atoms with Crippen molar-refractivity contribution < 1.29 is 0 Å². The minimum Gasteiger partial charge on any atom is -0.337 e. The fourth-order valence-corrected chi connectivity index (χ4v) is 2.69. The summed E-state index contributed by atoms with van der Waals surface area (Å²) in [6.07, 6.45) is 9.42. The predicted octanol–water partition coefficient (Wildman–Crippen LogP) is 3.18. The molecular weight excluding hydrogens is 208 g/mol. The first-order valence-corrected chi connectivity index (χ1v) is 6.40. The molecule has 0 aliphatic heterocycles. The molecule has 0 radical (unpaired) electrons. The largest absolute Gasteiger partial charge is 0.337 e. The van der Waals surface area contributed by atoms with E-state index in [4.69, 9.17) is 0 Å². The Labute approximate surface area is 102 Å². The summed E-state index contributed by atoms with van der Waals surface area (Å²) in [5.74, 6) is 0.748. The molecule has 0 bridgehead atoms. The van der Waals surface area contributed by atoms with E-state index in [1.807, 2.05) is 18.7 Å². The van der Waals surface area contributed by atoms with Gasteiger partial charge >= 0.3 is 0 Å². The summed E-state index contributed by atoms with van der Waals surface area (Å²) in [7, 11) is 0. The zero-order valence-electron chi connectivity index (χ0n) is 10.3. The van der Waals surface area contributed by atoms with Crippen LogP contribution in [0.5, 0.6) is 0 Å². The highest BCUT2D eigenvalue weighted by atomic mass is 15.0. The van der Waals surface area contributed by atoms with Crippen LogP contribution >= 0.6 is 0 Å². The van der Waals surface area contributed by atoms with Gasteiger partial charge in [-0.15, -0.1) is 0 Å². The molecule has 0 spiro atoms. The number of nitrogens with zero attached hydrogens (tertiary/aromatic N) is 2. The fraction of sp³-hybridized carbons (Fsp3) is 0.400. The summed E-state index contributed by atoms with van der Waals surface area (Å²) >= 11 is 0. The molecule has 17 heavy (non-hydrogen) atoms. The van der Waals surface area contributed by atoms with E-state index in [9.17, 15) is 0 Å². The summed E-state index contributed by atoms with van der Waals surface area (Å²) in [6.45, 7) is 3.36. The van der Waals surface area contributed by atoms with E-state index in [1.54, 1.807) is 11.1 Å². The van der Waals surface area contributed by atoms with Crippen LogP contribution in [0.25, 0.3) is 0 Å². The van der Waals surface area contributed by atoms with Crippen molar-refractivity contribution in [2.75, 3.05) is 0 Å². The second-order valence-electron chi connectivity index (χ2n) is 5.02. The van der Waals surface area contributed by atoms with Gasteiger partial charge in [-0.3, -0.25) is 0 Å². The Kier molecular flexibility index (Phi) is 2.71. The number of aryl methyl sites for hydroxylation is 3. The molecule has 0 saturated heterocycles. The van der Waals surface area contributed by atoms with Crippen molar-refractivity contribution in [3.63, 3.8) is 0 Å². The van der Waals surface area contributed by atoms with Crippen molar-refractivity contribution in [3.05, 3.63) is 53.6 Å². The third-order valence-corrected chi connectivity index (χ3v) is 3.81. The molecule has 0 unspecified atom stereocenters. The van der Waals surface area contributed by atoms with Crippen LogP contribution in [-0.2, 0) is 19.4 Å². The van der Waals surface area contributed by atoms with Crippen molar-refractivity contribution >= 4 is 0 Å². The smallest absolute Gasteiger partial charge is 0.0946 e. The van der Waals surface area contributed by atoms with Gasteiger partial charge in [0.25, 0.3) is 0 Å². The molecule has 2 nitrogen and oxygen atoms in total. The van der Waals surface area contributed by atoms with E-state index in [0.29, 0.717) is 0 Å². The van der Waals surface area contributed by atoms with Crippen LogP contribution < -0.4 is 0 Å². The van der Waals surface area contributed by atoms with Crippen LogP contribution in [0.1, 0.15) is 36.0 Å². The van der Waals surface area contributed by atoms with Crippen molar-refractivity contribution in [2.24, 2.45) is 0 Å². The zero-order valence-corrected chi connectivity index (χ0v) is 10.3. The fourth-order valence-electron chi connectivity index (χ4n) is 2.69. The van der Waals surface area contributed by atoms with Gasteiger partial charge < -0.3 is 4.57 Å². The number of benzene rings is 1. The molecule has 3 rings (SSSR count). The second-order valence-corrected chi connectivity index (χ2v) is 5.02. The quantitative estimate of drug-likeness (QED) is 0.786. The van der Waals surface area contributed by atoms with E-state index in [1.165, 1.54) is 18.4 Å². The first-order chi connectivity index (χ1) is 8.33. The number of aromatic nitrogens is 2. The lowest BCUT2D eigenvalue weighted by Crippen LogP contribution is -1.99. The van der Waals surface area contributed by atoms with E-state index in [0.717, 1.165) is 18.9 Å². The molecule has 0 saturated carbocycles. The lowest BCUT2D eigenvalue weighted by molar-refractivity contribution is 0.694. The Morgan fingerprint density at radius 1 is 1.41 bits per heavy atom. The summed E-state index contributed by atoms with van der Waals surface area (Å²) in [4.78, 5) is 4.07. The van der Waals surface area contributed by atoms with E-state index in [-0.39, 0.29) is 0 Å². The minimum absolute atomic E-state index is 0.748. The molecule has 1 aromatic carbocycles. The summed E-state index contributed by atoms with van der Waals surface area (Å²) in [5, 5.41) is 0. The van der Waals surface area contributed by atoms with Crippen molar-refractivity contribution in [1.82, 2.24) is 9.55 Å². The Balaban J connectivity index is 1.74. The number of rotatable bonds is 3. The standard InChI is InChI=1S/C15H18N2/c1-12-2-4-14-5-3-13(10-15(12)14)6-8-17-9-7-16-11-17/h3,5,7,9-12H,2,4,6,8H2,1H3/t12-/m1/s1. The highest BCUT2D eigenvalue weighted by molar-refractivity contribution is 5.38. The van der Waals surface area contributed by atoms with Gasteiger partial charge in [0.15, 0.2) is 0 Å². The van der Waals surface area contributed by atoms with E-state index in [2.05, 4.69) is 34.7 Å². The summed E-state index contributed by atoms with van der Waals surface area (Å²) < 4.78 is 2.14. The highest BCUT2D eigenvalue weighted by Crippen LogP contribution is 2.33. The molecule has 1 atom stereocenters. The Bertz CT molecular complexity index is 500. The zero-order chi connectivity index (χ0) is 11.7. The van der Waals surface area contributed by atoms with Crippen LogP contribution in [0.4, 0.5) is 0 Å². The second kappa shape index (κ2) is 4.36. The number of imidazole rings is 1. The lowest BCUT2D eigenvalue weighted by atomic mass is 9.99. The van der Waals surface area contributed by atoms with Gasteiger partial charge in [-0.1, -0.05) is 25.1 Å². The summed E-state index contributed by atoms with van der Waals surface area (Å²) in [5.41, 5.74) is 4.59. The topological polar surface area (TPSA) is 17.8 Å². The third kappa shape index (κ3) is 2.12. The molecule has 88 valence electrons. The predicted molar refractivity (Wildman–Crippen MR) is 69.1 cm³/mol. The van der Waals surface area contributed by atoms with Crippen LogP contribution in [0.15, 0.2) is 36.9 Å². The number of fused-ring (bicyclic) bond motifs is 1. The first-order valence-electron chi connectivity index (χ1n) is 6.40. The average molecular weight is 226 g/mol. The maximum absolute atomic E-state index is 4.07. The van der Waals surface area contributed by atoms with Gasteiger partial charge in [-0.05, 0) is 41.9 Å². The average Bonchev–Trinajstić information content (AvgIpc) is 2.97. The molecule has 2 heteroatoms. The van der Waals surface area contributed by atoms with Gasteiger partial charge in [-0.25, -0.2) is 4.98 Å². The van der Waals surface area contributed by atoms with Crippen LogP contribution in [0.3, 0.4) is 0 Å². The van der Waals surface area contributed by atoms with Crippen LogP contribution in [0.2, 0.25) is 0 Å². The van der Waals surface area contributed by atoms with Gasteiger partial charge in [-0.2, -0.15) is 0 Å². The van der Waals surface area contributed by atoms with Gasteiger partial charge in [0.1, 0.15) is 0 Å². The molecule has 1 aliphatic rings. The van der Waals surface area contributed by atoms with E-state index >= 15 is 0 Å². The molecule has 0 fully saturated rings. The maximum Gasteiger partial charge on any atom is 0.0946 e. The molecule has 2 aromatic rings. The van der Waals surface area contributed by atoms with Crippen LogP contribution in [0, 0.1) is 0 Å². The molecular formula is C15H18N2. The molecule has 1 aliphatic carbocycles. The van der Waals surface area contributed by atoms with Crippen molar-refractivity contribution in [3.8, 4) is 0 Å². The minimum atomic E-state index is 0.748. The number of hydrogen-bond donors (Lipinski definition) is 0. The molecule has 1 heterocycles. The SMILES string of the molecule is C[C@@H]1CCc2ccc(CCn3ccnc3)cc21. The van der Waals surface area contributed by atoms with Crippen molar-refractivity contribution in [1.29, 1.82) is 0 Å². The maximum atomic E-state index is 4.07. The van der Waals surface area contributed by atoms with Crippen molar-refractivity contribution in [2.45, 2.75) is 38.6 Å². The molecule has 1 aromatic heterocycles. The Morgan fingerprint density at radius 2 is 2.35 bits per heavy atom. The number of hydrogen-bond acceptors (Lipinski definition) is 1. The molecule has 0 amide bonds. The monoisotopic (exact) mass is 226 g/mol. The normalized spacial score (nSPS) is 18.3. The van der Waals surface area contributed by atoms with Crippen LogP contribution in [-0.4, -0.2) is 9.55 Å². The Hall–Kier alpha value is -1.57. The van der Waals surface area contributed by atoms with Gasteiger partial charge in [0.2, 0.25) is 0 Å². The lowest BCUT2D eigenvalue weighted by Gasteiger charge is -2.08. The first kappa shape index (κ1) is 10.6. The third-order valence-electron chi connectivity index (χ3n) is 3.81. The van der Waals surface area contributed by atoms with E-state index < -0.39 is 0 Å². The molecule has 0 N–H and O–H groups in total. The summed E-state index contributed by atoms with van der Waals surface area (Å²) in [6, 6.07) is 7.01. The highest BCUT2D eigenvalue weighted by Gasteiger charge is 2.18. The van der Waals surface area contributed by atoms with Gasteiger partial charge in [0.05, 0.1) is 6.33 Å².